The molecule has 1 aliphatic rings. The normalized spacial score (nSPS) is 18.4. The van der Waals surface area contributed by atoms with E-state index >= 15 is 0 Å². The Hall–Kier alpha value is -0.900. The van der Waals surface area contributed by atoms with E-state index in [0.717, 1.165) is 24.0 Å². The summed E-state index contributed by atoms with van der Waals surface area (Å²) in [7, 11) is 0. The Balaban J connectivity index is 2.04. The number of piperidine rings is 1. The predicted octanol–water partition coefficient (Wildman–Crippen LogP) is 3.24. The standard InChI is InChI=1S/C13H21N3S/c1-5-10-6-8-16(9-7-10)12-14-11(15-17-12)13(2,3)4/h5,10H,1,6-9H2,2-4H3. The van der Waals surface area contributed by atoms with Gasteiger partial charge in [-0.2, -0.15) is 4.37 Å². The second-order valence-corrected chi connectivity index (χ2v) is 6.44. The van der Waals surface area contributed by atoms with Crippen LogP contribution in [0.15, 0.2) is 12.7 Å². The molecule has 0 aromatic carbocycles. The van der Waals surface area contributed by atoms with E-state index in [1.165, 1.54) is 24.4 Å². The molecule has 0 radical (unpaired) electrons. The summed E-state index contributed by atoms with van der Waals surface area (Å²) >= 11 is 1.53. The average Bonchev–Trinajstić information content (AvgIpc) is 2.78. The first-order valence-corrected chi connectivity index (χ1v) is 7.00. The molecule has 0 saturated carbocycles. The molecule has 3 nitrogen and oxygen atoms in total. The van der Waals surface area contributed by atoms with Gasteiger partial charge in [0.1, 0.15) is 5.82 Å². The van der Waals surface area contributed by atoms with Gasteiger partial charge in [-0.1, -0.05) is 26.8 Å². The highest BCUT2D eigenvalue weighted by Gasteiger charge is 2.23. The van der Waals surface area contributed by atoms with Crippen LogP contribution in [0, 0.1) is 5.92 Å². The monoisotopic (exact) mass is 251 g/mol. The Morgan fingerprint density at radius 2 is 2.00 bits per heavy atom. The van der Waals surface area contributed by atoms with Crippen molar-refractivity contribution in [3.8, 4) is 0 Å². The Labute approximate surface area is 108 Å². The van der Waals surface area contributed by atoms with E-state index in [9.17, 15) is 0 Å². The minimum Gasteiger partial charge on any atom is -0.347 e. The molecule has 2 heterocycles. The van der Waals surface area contributed by atoms with Gasteiger partial charge >= 0.3 is 0 Å². The van der Waals surface area contributed by atoms with Crippen molar-refractivity contribution in [1.29, 1.82) is 0 Å². The van der Waals surface area contributed by atoms with Crippen LogP contribution in [0.5, 0.6) is 0 Å². The molecule has 17 heavy (non-hydrogen) atoms. The van der Waals surface area contributed by atoms with Gasteiger partial charge in [0.2, 0.25) is 5.13 Å². The van der Waals surface area contributed by atoms with E-state index < -0.39 is 0 Å². The molecule has 0 spiro atoms. The first-order chi connectivity index (χ1) is 8.00. The van der Waals surface area contributed by atoms with Crippen LogP contribution in [0.1, 0.15) is 39.4 Å². The van der Waals surface area contributed by atoms with Crippen molar-refractivity contribution < 1.29 is 0 Å². The Morgan fingerprint density at radius 1 is 1.35 bits per heavy atom. The summed E-state index contributed by atoms with van der Waals surface area (Å²) < 4.78 is 4.47. The van der Waals surface area contributed by atoms with Crippen molar-refractivity contribution in [3.63, 3.8) is 0 Å². The second-order valence-electron chi connectivity index (χ2n) is 5.71. The smallest absolute Gasteiger partial charge is 0.205 e. The maximum Gasteiger partial charge on any atom is 0.205 e. The molecule has 1 aliphatic heterocycles. The van der Waals surface area contributed by atoms with Crippen molar-refractivity contribution in [3.05, 3.63) is 18.5 Å². The molecule has 4 heteroatoms. The quantitative estimate of drug-likeness (QED) is 0.756. The Kier molecular flexibility index (Phi) is 3.52. The first-order valence-electron chi connectivity index (χ1n) is 6.22. The third-order valence-electron chi connectivity index (χ3n) is 3.23. The van der Waals surface area contributed by atoms with Crippen LogP contribution in [0.4, 0.5) is 5.13 Å². The fourth-order valence-electron chi connectivity index (χ4n) is 1.98. The lowest BCUT2D eigenvalue weighted by atomic mass is 9.96. The van der Waals surface area contributed by atoms with E-state index in [0.29, 0.717) is 5.92 Å². The molecular formula is C13H21N3S. The number of aromatic nitrogens is 2. The van der Waals surface area contributed by atoms with E-state index in [2.05, 4.69) is 47.7 Å². The molecule has 1 saturated heterocycles. The Morgan fingerprint density at radius 3 is 2.47 bits per heavy atom. The summed E-state index contributed by atoms with van der Waals surface area (Å²) in [6.07, 6.45) is 4.46. The molecule has 0 aliphatic carbocycles. The van der Waals surface area contributed by atoms with Crippen molar-refractivity contribution in [2.45, 2.75) is 39.0 Å². The summed E-state index contributed by atoms with van der Waals surface area (Å²) in [5.74, 6) is 1.64. The van der Waals surface area contributed by atoms with Crippen molar-refractivity contribution in [1.82, 2.24) is 9.36 Å². The number of anilines is 1. The fourth-order valence-corrected chi connectivity index (χ4v) is 2.88. The van der Waals surface area contributed by atoms with Crippen LogP contribution in [0.3, 0.4) is 0 Å². The second kappa shape index (κ2) is 4.77. The number of rotatable bonds is 2. The van der Waals surface area contributed by atoms with Crippen LogP contribution in [-0.4, -0.2) is 22.4 Å². The predicted molar refractivity (Wildman–Crippen MR) is 73.7 cm³/mol. The molecule has 0 bridgehead atoms. The van der Waals surface area contributed by atoms with Crippen LogP contribution < -0.4 is 4.90 Å². The van der Waals surface area contributed by atoms with Gasteiger partial charge in [-0.15, -0.1) is 6.58 Å². The highest BCUT2D eigenvalue weighted by molar-refractivity contribution is 7.09. The molecule has 1 fully saturated rings. The summed E-state index contributed by atoms with van der Waals surface area (Å²) in [4.78, 5) is 7.02. The van der Waals surface area contributed by atoms with Crippen molar-refractivity contribution >= 4 is 16.7 Å². The molecule has 2 rings (SSSR count). The van der Waals surface area contributed by atoms with Gasteiger partial charge in [-0.05, 0) is 18.8 Å². The maximum absolute atomic E-state index is 4.66. The maximum atomic E-state index is 4.66. The van der Waals surface area contributed by atoms with Crippen molar-refractivity contribution in [2.24, 2.45) is 5.92 Å². The zero-order valence-corrected chi connectivity index (χ0v) is 11.8. The minimum absolute atomic E-state index is 0.0498. The zero-order valence-electron chi connectivity index (χ0n) is 10.9. The summed E-state index contributed by atoms with van der Waals surface area (Å²) in [6.45, 7) is 12.5. The van der Waals surface area contributed by atoms with Gasteiger partial charge in [0, 0.05) is 30.0 Å². The first kappa shape index (κ1) is 12.6. The zero-order chi connectivity index (χ0) is 12.5. The third-order valence-corrected chi connectivity index (χ3v) is 4.01. The number of hydrogen-bond donors (Lipinski definition) is 0. The third kappa shape index (κ3) is 2.86. The largest absolute Gasteiger partial charge is 0.347 e. The van der Waals surface area contributed by atoms with Crippen LogP contribution in [0.25, 0.3) is 0 Å². The van der Waals surface area contributed by atoms with Crippen LogP contribution >= 0.6 is 11.5 Å². The van der Waals surface area contributed by atoms with E-state index in [4.69, 9.17) is 0 Å². The molecular weight excluding hydrogens is 230 g/mol. The van der Waals surface area contributed by atoms with Gasteiger partial charge in [-0.3, -0.25) is 0 Å². The molecule has 1 aromatic rings. The van der Waals surface area contributed by atoms with E-state index in [1.54, 1.807) is 0 Å². The molecule has 0 amide bonds. The molecule has 1 aromatic heterocycles. The van der Waals surface area contributed by atoms with Crippen molar-refractivity contribution in [2.75, 3.05) is 18.0 Å². The molecule has 0 atom stereocenters. The lowest BCUT2D eigenvalue weighted by Gasteiger charge is -2.29. The lowest BCUT2D eigenvalue weighted by Crippen LogP contribution is -2.33. The van der Waals surface area contributed by atoms with Crippen LogP contribution in [0.2, 0.25) is 0 Å². The fraction of sp³-hybridized carbons (Fsp3) is 0.692. The topological polar surface area (TPSA) is 29.0 Å². The molecule has 94 valence electrons. The minimum atomic E-state index is 0.0498. The van der Waals surface area contributed by atoms with Gasteiger partial charge in [0.15, 0.2) is 0 Å². The molecule has 0 unspecified atom stereocenters. The highest BCUT2D eigenvalue weighted by Crippen LogP contribution is 2.28. The average molecular weight is 251 g/mol. The Bertz CT molecular complexity index is 384. The van der Waals surface area contributed by atoms with E-state index in [1.807, 2.05) is 0 Å². The number of nitrogens with zero attached hydrogens (tertiary/aromatic N) is 3. The highest BCUT2D eigenvalue weighted by atomic mass is 32.1. The van der Waals surface area contributed by atoms with Gasteiger partial charge in [0.25, 0.3) is 0 Å². The number of allylic oxidation sites excluding steroid dienone is 1. The van der Waals surface area contributed by atoms with Crippen LogP contribution in [-0.2, 0) is 5.41 Å². The van der Waals surface area contributed by atoms with Gasteiger partial charge in [-0.25, -0.2) is 4.98 Å². The summed E-state index contributed by atoms with van der Waals surface area (Å²) in [6, 6.07) is 0. The van der Waals surface area contributed by atoms with Gasteiger partial charge in [0.05, 0.1) is 0 Å². The summed E-state index contributed by atoms with van der Waals surface area (Å²) in [5, 5.41) is 1.08. The van der Waals surface area contributed by atoms with Gasteiger partial charge < -0.3 is 4.90 Å². The van der Waals surface area contributed by atoms with E-state index in [-0.39, 0.29) is 5.41 Å². The lowest BCUT2D eigenvalue weighted by molar-refractivity contribution is 0.477. The SMILES string of the molecule is C=CC1CCN(c2nc(C(C)(C)C)ns2)CC1. The molecule has 0 N–H and O–H groups in total. The summed E-state index contributed by atoms with van der Waals surface area (Å²) in [5.41, 5.74) is 0.0498. The number of hydrogen-bond acceptors (Lipinski definition) is 4.